The van der Waals surface area contributed by atoms with Crippen LogP contribution in [0.1, 0.15) is 68.3 Å². The van der Waals surface area contributed by atoms with Crippen LogP contribution in [0.15, 0.2) is 5.16 Å². The van der Waals surface area contributed by atoms with Crippen LogP contribution in [0.3, 0.4) is 0 Å². The van der Waals surface area contributed by atoms with Crippen LogP contribution in [-0.4, -0.2) is 28.2 Å². The average molecular weight is 336 g/mol. The summed E-state index contributed by atoms with van der Waals surface area (Å²) in [6.45, 7) is 4.02. The topological polar surface area (TPSA) is 54.9 Å². The Morgan fingerprint density at radius 1 is 1.09 bits per heavy atom. The van der Waals surface area contributed by atoms with Gasteiger partial charge in [0.2, 0.25) is 5.91 Å². The molecule has 2 rings (SSSR count). The summed E-state index contributed by atoms with van der Waals surface area (Å²) >= 11 is 1.56. The molecule has 1 aliphatic carbocycles. The van der Waals surface area contributed by atoms with Crippen molar-refractivity contribution in [3.05, 3.63) is 17.0 Å². The lowest BCUT2D eigenvalue weighted by atomic mass is 9.96. The average Bonchev–Trinajstić information content (AvgIpc) is 2.48. The molecule has 1 saturated carbocycles. The van der Waals surface area contributed by atoms with E-state index in [0.717, 1.165) is 41.4 Å². The Balaban J connectivity index is 1.86. The second-order valence-electron chi connectivity index (χ2n) is 6.47. The van der Waals surface area contributed by atoms with Crippen LogP contribution in [0.4, 0.5) is 0 Å². The normalized spacial score (nSPS) is 16.7. The maximum absolute atomic E-state index is 12.3. The van der Waals surface area contributed by atoms with Crippen LogP contribution in [0.2, 0.25) is 0 Å². The summed E-state index contributed by atoms with van der Waals surface area (Å²) < 4.78 is 0. The molecular formula is C18H29N3OS. The van der Waals surface area contributed by atoms with Gasteiger partial charge in [-0.15, -0.1) is 0 Å². The number of carbonyl (C=O) groups is 1. The van der Waals surface area contributed by atoms with Gasteiger partial charge in [0.25, 0.3) is 0 Å². The van der Waals surface area contributed by atoms with Gasteiger partial charge in [0.1, 0.15) is 0 Å². The summed E-state index contributed by atoms with van der Waals surface area (Å²) in [5, 5.41) is 4.04. The number of carbonyl (C=O) groups excluding carboxylic acids is 1. The Labute approximate surface area is 144 Å². The van der Waals surface area contributed by atoms with E-state index in [1.165, 1.54) is 32.1 Å². The van der Waals surface area contributed by atoms with E-state index >= 15 is 0 Å². The maximum Gasteiger partial charge on any atom is 0.220 e. The first-order valence-corrected chi connectivity index (χ1v) is 10.00. The molecule has 23 heavy (non-hydrogen) atoms. The predicted molar refractivity (Wildman–Crippen MR) is 95.9 cm³/mol. The molecular weight excluding hydrogens is 306 g/mol. The minimum absolute atomic E-state index is 0.170. The van der Waals surface area contributed by atoms with Crippen molar-refractivity contribution in [2.45, 2.75) is 82.8 Å². The van der Waals surface area contributed by atoms with Gasteiger partial charge in [-0.05, 0) is 44.9 Å². The zero-order valence-electron chi connectivity index (χ0n) is 14.7. The van der Waals surface area contributed by atoms with E-state index in [1.54, 1.807) is 11.8 Å². The number of rotatable bonds is 5. The number of nitrogens with one attached hydrogen (secondary N) is 1. The van der Waals surface area contributed by atoms with Crippen LogP contribution in [-0.2, 0) is 11.2 Å². The first-order chi connectivity index (χ1) is 11.1. The molecule has 0 spiro atoms. The van der Waals surface area contributed by atoms with Crippen molar-refractivity contribution in [1.82, 2.24) is 15.3 Å². The summed E-state index contributed by atoms with van der Waals surface area (Å²) in [4.78, 5) is 21.3. The smallest absolute Gasteiger partial charge is 0.220 e. The molecule has 1 heterocycles. The van der Waals surface area contributed by atoms with Gasteiger partial charge in [-0.2, -0.15) is 0 Å². The molecule has 0 radical (unpaired) electrons. The fourth-order valence-electron chi connectivity index (χ4n) is 3.30. The molecule has 1 amide bonds. The van der Waals surface area contributed by atoms with Crippen molar-refractivity contribution >= 4 is 17.7 Å². The molecule has 1 aliphatic rings. The highest BCUT2D eigenvalue weighted by Crippen LogP contribution is 2.19. The molecule has 1 aromatic rings. The molecule has 0 aromatic carbocycles. The SMILES string of the molecule is CSc1nc(C)c(CCC(=O)NC2CCCCCCC2)c(C)n1. The summed E-state index contributed by atoms with van der Waals surface area (Å²) in [5.41, 5.74) is 3.12. The molecule has 4 nitrogen and oxygen atoms in total. The molecule has 1 fully saturated rings. The maximum atomic E-state index is 12.3. The zero-order valence-corrected chi connectivity index (χ0v) is 15.5. The van der Waals surface area contributed by atoms with Crippen molar-refractivity contribution in [3.63, 3.8) is 0 Å². The lowest BCUT2D eigenvalue weighted by Crippen LogP contribution is -2.35. The molecule has 0 atom stereocenters. The standard InChI is InChI=1S/C18H29N3OS/c1-13-16(14(2)20-18(19-13)23-3)11-12-17(22)21-15-9-7-5-4-6-8-10-15/h15H,4-12H2,1-3H3,(H,21,22). The minimum Gasteiger partial charge on any atom is -0.353 e. The predicted octanol–water partition coefficient (Wildman–Crippen LogP) is 3.98. The largest absolute Gasteiger partial charge is 0.353 e. The Morgan fingerprint density at radius 3 is 2.22 bits per heavy atom. The Kier molecular flexibility index (Phi) is 7.34. The fourth-order valence-corrected chi connectivity index (χ4v) is 3.76. The fraction of sp³-hybridized carbons (Fsp3) is 0.722. The third kappa shape index (κ3) is 5.79. The summed E-state index contributed by atoms with van der Waals surface area (Å²) in [5.74, 6) is 0.170. The van der Waals surface area contributed by atoms with Gasteiger partial charge < -0.3 is 5.32 Å². The summed E-state index contributed by atoms with van der Waals surface area (Å²) in [7, 11) is 0. The quantitative estimate of drug-likeness (QED) is 0.653. The highest BCUT2D eigenvalue weighted by atomic mass is 32.2. The van der Waals surface area contributed by atoms with Crippen LogP contribution in [0, 0.1) is 13.8 Å². The molecule has 128 valence electrons. The molecule has 5 heteroatoms. The van der Waals surface area contributed by atoms with E-state index in [-0.39, 0.29) is 5.91 Å². The van der Waals surface area contributed by atoms with E-state index in [2.05, 4.69) is 15.3 Å². The first kappa shape index (κ1) is 18.2. The van der Waals surface area contributed by atoms with Gasteiger partial charge in [-0.25, -0.2) is 9.97 Å². The van der Waals surface area contributed by atoms with Crippen molar-refractivity contribution in [3.8, 4) is 0 Å². The van der Waals surface area contributed by atoms with E-state index < -0.39 is 0 Å². The lowest BCUT2D eigenvalue weighted by molar-refractivity contribution is -0.121. The third-order valence-electron chi connectivity index (χ3n) is 4.66. The monoisotopic (exact) mass is 335 g/mol. The van der Waals surface area contributed by atoms with Crippen molar-refractivity contribution in [2.24, 2.45) is 0 Å². The summed E-state index contributed by atoms with van der Waals surface area (Å²) in [6, 6.07) is 0.375. The van der Waals surface area contributed by atoms with E-state index in [4.69, 9.17) is 0 Å². The van der Waals surface area contributed by atoms with Gasteiger partial charge in [0.15, 0.2) is 5.16 Å². The molecule has 0 saturated heterocycles. The number of hydrogen-bond acceptors (Lipinski definition) is 4. The summed E-state index contributed by atoms with van der Waals surface area (Å²) in [6.07, 6.45) is 12.0. The van der Waals surface area contributed by atoms with E-state index in [1.807, 2.05) is 20.1 Å². The third-order valence-corrected chi connectivity index (χ3v) is 5.20. The Morgan fingerprint density at radius 2 is 1.65 bits per heavy atom. The van der Waals surface area contributed by atoms with Crippen LogP contribution in [0.25, 0.3) is 0 Å². The van der Waals surface area contributed by atoms with Crippen LogP contribution >= 0.6 is 11.8 Å². The molecule has 0 bridgehead atoms. The van der Waals surface area contributed by atoms with Crippen LogP contribution < -0.4 is 5.32 Å². The van der Waals surface area contributed by atoms with Crippen molar-refractivity contribution < 1.29 is 4.79 Å². The highest BCUT2D eigenvalue weighted by Gasteiger charge is 2.15. The number of amides is 1. The Bertz CT molecular complexity index is 502. The highest BCUT2D eigenvalue weighted by molar-refractivity contribution is 7.98. The van der Waals surface area contributed by atoms with Gasteiger partial charge in [0, 0.05) is 23.9 Å². The second kappa shape index (κ2) is 9.26. The van der Waals surface area contributed by atoms with Gasteiger partial charge >= 0.3 is 0 Å². The van der Waals surface area contributed by atoms with E-state index in [9.17, 15) is 4.79 Å². The van der Waals surface area contributed by atoms with Crippen molar-refractivity contribution in [2.75, 3.05) is 6.26 Å². The van der Waals surface area contributed by atoms with E-state index in [0.29, 0.717) is 12.5 Å². The second-order valence-corrected chi connectivity index (χ2v) is 7.24. The Hall–Kier alpha value is -1.10. The zero-order chi connectivity index (χ0) is 16.7. The lowest BCUT2D eigenvalue weighted by Gasteiger charge is -2.21. The number of thioether (sulfide) groups is 1. The van der Waals surface area contributed by atoms with Crippen molar-refractivity contribution in [1.29, 1.82) is 0 Å². The van der Waals surface area contributed by atoms with Gasteiger partial charge in [-0.3, -0.25) is 4.79 Å². The molecule has 1 N–H and O–H groups in total. The molecule has 0 aliphatic heterocycles. The van der Waals surface area contributed by atoms with Gasteiger partial charge in [0.05, 0.1) is 0 Å². The number of nitrogens with zero attached hydrogens (tertiary/aromatic N) is 2. The van der Waals surface area contributed by atoms with Crippen LogP contribution in [0.5, 0.6) is 0 Å². The van der Waals surface area contributed by atoms with Gasteiger partial charge in [-0.1, -0.05) is 43.9 Å². The first-order valence-electron chi connectivity index (χ1n) is 8.77. The number of hydrogen-bond donors (Lipinski definition) is 1. The number of aromatic nitrogens is 2. The number of aryl methyl sites for hydroxylation is 2. The molecule has 1 aromatic heterocycles. The minimum atomic E-state index is 0.170. The molecule has 0 unspecified atom stereocenters.